The molecule has 0 saturated heterocycles. The number of likely N-dealkylation sites (N-methyl/N-ethyl adjacent to an activating group) is 1. The third-order valence-electron chi connectivity index (χ3n) is 5.28. The van der Waals surface area contributed by atoms with E-state index >= 15 is 0 Å². The Morgan fingerprint density at radius 3 is 2.50 bits per heavy atom. The number of hydrogen-bond donors (Lipinski definition) is 2. The minimum Gasteiger partial charge on any atom is -0.504 e. The van der Waals surface area contributed by atoms with Gasteiger partial charge in [0.2, 0.25) is 0 Å². The molecule has 0 bridgehead atoms. The van der Waals surface area contributed by atoms with Gasteiger partial charge in [-0.1, -0.05) is 0 Å². The Labute approximate surface area is 141 Å². The van der Waals surface area contributed by atoms with Crippen molar-refractivity contribution in [2.75, 3.05) is 27.8 Å². The molecule has 0 saturated carbocycles. The summed E-state index contributed by atoms with van der Waals surface area (Å²) in [7, 11) is 5.23. The van der Waals surface area contributed by atoms with Gasteiger partial charge in [0.1, 0.15) is 0 Å². The molecule has 0 unspecified atom stereocenters. The lowest BCUT2D eigenvalue weighted by molar-refractivity contribution is 0.226. The Kier molecular flexibility index (Phi) is 3.35. The summed E-state index contributed by atoms with van der Waals surface area (Å²) >= 11 is 0. The van der Waals surface area contributed by atoms with Crippen LogP contribution >= 0.6 is 0 Å². The summed E-state index contributed by atoms with van der Waals surface area (Å²) in [5.41, 5.74) is 5.31. The largest absolute Gasteiger partial charge is 0.504 e. The molecule has 126 valence electrons. The topological polar surface area (TPSA) is 62.2 Å². The minimum atomic E-state index is 0.137. The molecule has 1 aliphatic heterocycles. The summed E-state index contributed by atoms with van der Waals surface area (Å²) in [5, 5.41) is 20.6. The first kappa shape index (κ1) is 15.1. The molecule has 2 aromatic rings. The Morgan fingerprint density at radius 2 is 1.79 bits per heavy atom. The van der Waals surface area contributed by atoms with E-state index in [-0.39, 0.29) is 17.5 Å². The first-order valence-corrected chi connectivity index (χ1v) is 8.08. The Hall–Kier alpha value is -2.40. The van der Waals surface area contributed by atoms with Crippen molar-refractivity contribution in [2.45, 2.75) is 18.9 Å². The van der Waals surface area contributed by atoms with Gasteiger partial charge in [0.05, 0.1) is 14.2 Å². The number of nitrogens with zero attached hydrogens (tertiary/aromatic N) is 1. The molecule has 5 heteroatoms. The number of aromatic hydroxyl groups is 2. The highest BCUT2D eigenvalue weighted by Gasteiger charge is 2.36. The van der Waals surface area contributed by atoms with Crippen LogP contribution in [0.25, 0.3) is 11.1 Å². The number of hydrogen-bond acceptors (Lipinski definition) is 5. The number of ether oxygens (including phenoxy) is 2. The van der Waals surface area contributed by atoms with Crippen LogP contribution in [0.5, 0.6) is 23.0 Å². The summed E-state index contributed by atoms with van der Waals surface area (Å²) in [6.45, 7) is 0.945. The fraction of sp³-hybridized carbons (Fsp3) is 0.368. The van der Waals surface area contributed by atoms with Gasteiger partial charge in [-0.15, -0.1) is 0 Å². The van der Waals surface area contributed by atoms with Crippen molar-refractivity contribution in [3.8, 4) is 34.1 Å². The molecule has 0 radical (unpaired) electrons. The van der Waals surface area contributed by atoms with E-state index in [1.807, 2.05) is 12.1 Å². The number of methoxy groups -OCH3 is 2. The summed E-state index contributed by atoms with van der Waals surface area (Å²) < 4.78 is 10.8. The standard InChI is InChI=1S/C19H21NO4/c1-20-5-4-10-7-15(22)19(24-3)18-12-9-16(23-2)14(21)8-11(12)6-13(20)17(10)18/h7-9,13,21-22H,4-6H2,1-3H3/t13-/m1/s1. The monoisotopic (exact) mass is 327 g/mol. The van der Waals surface area contributed by atoms with Crippen LogP contribution in [0.3, 0.4) is 0 Å². The van der Waals surface area contributed by atoms with Crippen molar-refractivity contribution in [2.24, 2.45) is 0 Å². The smallest absolute Gasteiger partial charge is 0.168 e. The average Bonchev–Trinajstić information content (AvgIpc) is 2.57. The maximum atomic E-state index is 10.4. The van der Waals surface area contributed by atoms with E-state index in [0.29, 0.717) is 11.5 Å². The molecule has 1 aliphatic carbocycles. The molecule has 0 spiro atoms. The molecule has 0 amide bonds. The molecule has 2 N–H and O–H groups in total. The van der Waals surface area contributed by atoms with Crippen molar-refractivity contribution in [3.05, 3.63) is 34.9 Å². The summed E-state index contributed by atoms with van der Waals surface area (Å²) in [6.07, 6.45) is 1.72. The highest BCUT2D eigenvalue weighted by atomic mass is 16.5. The fourth-order valence-electron chi connectivity index (χ4n) is 4.10. The van der Waals surface area contributed by atoms with E-state index in [0.717, 1.165) is 36.1 Å². The van der Waals surface area contributed by atoms with Crippen molar-refractivity contribution < 1.29 is 19.7 Å². The minimum absolute atomic E-state index is 0.137. The van der Waals surface area contributed by atoms with Crippen LogP contribution in [0.4, 0.5) is 0 Å². The fourth-order valence-corrected chi connectivity index (χ4v) is 4.10. The van der Waals surface area contributed by atoms with Crippen molar-refractivity contribution >= 4 is 0 Å². The van der Waals surface area contributed by atoms with E-state index in [4.69, 9.17) is 9.47 Å². The summed E-state index contributed by atoms with van der Waals surface area (Å²) in [6, 6.07) is 5.66. The predicted octanol–water partition coefficient (Wildman–Crippen LogP) is 2.87. The van der Waals surface area contributed by atoms with Gasteiger partial charge in [-0.25, -0.2) is 0 Å². The lowest BCUT2D eigenvalue weighted by Gasteiger charge is -2.40. The molecular weight excluding hydrogens is 306 g/mol. The van der Waals surface area contributed by atoms with Crippen molar-refractivity contribution in [1.29, 1.82) is 0 Å². The lowest BCUT2D eigenvalue weighted by Crippen LogP contribution is -2.35. The maximum absolute atomic E-state index is 10.4. The van der Waals surface area contributed by atoms with Crippen LogP contribution in [0.1, 0.15) is 22.7 Å². The van der Waals surface area contributed by atoms with Gasteiger partial charge in [-0.3, -0.25) is 4.90 Å². The highest BCUT2D eigenvalue weighted by Crippen LogP contribution is 2.53. The van der Waals surface area contributed by atoms with Crippen LogP contribution in [-0.4, -0.2) is 42.9 Å². The highest BCUT2D eigenvalue weighted by molar-refractivity contribution is 5.84. The Morgan fingerprint density at radius 1 is 1.04 bits per heavy atom. The molecule has 4 rings (SSSR count). The lowest BCUT2D eigenvalue weighted by atomic mass is 9.76. The third-order valence-corrected chi connectivity index (χ3v) is 5.28. The molecule has 2 aliphatic rings. The molecule has 0 fully saturated rings. The SMILES string of the molecule is COc1cc2c(cc1O)C[C@@H]1c3c(cc(O)c(OC)c3-2)CCN1C. The predicted molar refractivity (Wildman–Crippen MR) is 91.1 cm³/mol. The van der Waals surface area contributed by atoms with Gasteiger partial charge >= 0.3 is 0 Å². The molecule has 24 heavy (non-hydrogen) atoms. The Balaban J connectivity index is 2.08. The third kappa shape index (κ3) is 1.97. The van der Waals surface area contributed by atoms with Crippen molar-refractivity contribution in [1.82, 2.24) is 4.90 Å². The van der Waals surface area contributed by atoms with Crippen LogP contribution in [0, 0.1) is 0 Å². The second kappa shape index (κ2) is 5.31. The maximum Gasteiger partial charge on any atom is 0.168 e. The molecular formula is C19H21NO4. The van der Waals surface area contributed by atoms with Crippen LogP contribution in [0.2, 0.25) is 0 Å². The van der Waals surface area contributed by atoms with Gasteiger partial charge in [-0.05, 0) is 60.3 Å². The number of phenolic OH excluding ortho intramolecular Hbond substituents is 2. The zero-order valence-electron chi connectivity index (χ0n) is 14.1. The number of phenols is 2. The first-order chi connectivity index (χ1) is 11.5. The van der Waals surface area contributed by atoms with Crippen LogP contribution in [-0.2, 0) is 12.8 Å². The van der Waals surface area contributed by atoms with Gasteiger partial charge in [0, 0.05) is 18.2 Å². The van der Waals surface area contributed by atoms with Gasteiger partial charge in [0.15, 0.2) is 23.0 Å². The van der Waals surface area contributed by atoms with Crippen LogP contribution < -0.4 is 9.47 Å². The normalized spacial score (nSPS) is 18.7. The summed E-state index contributed by atoms with van der Waals surface area (Å²) in [4.78, 5) is 2.33. The van der Waals surface area contributed by atoms with Gasteiger partial charge in [-0.2, -0.15) is 0 Å². The first-order valence-electron chi connectivity index (χ1n) is 8.08. The van der Waals surface area contributed by atoms with E-state index in [2.05, 4.69) is 11.9 Å². The molecule has 5 nitrogen and oxygen atoms in total. The zero-order chi connectivity index (χ0) is 17.0. The van der Waals surface area contributed by atoms with Gasteiger partial charge < -0.3 is 19.7 Å². The van der Waals surface area contributed by atoms with E-state index in [9.17, 15) is 10.2 Å². The second-order valence-corrected chi connectivity index (χ2v) is 6.51. The molecule has 1 heterocycles. The zero-order valence-corrected chi connectivity index (χ0v) is 14.1. The van der Waals surface area contributed by atoms with E-state index in [1.54, 1.807) is 13.2 Å². The molecule has 2 aromatic carbocycles. The van der Waals surface area contributed by atoms with Crippen molar-refractivity contribution in [3.63, 3.8) is 0 Å². The molecule has 0 aromatic heterocycles. The van der Waals surface area contributed by atoms with E-state index < -0.39 is 0 Å². The average molecular weight is 327 g/mol. The van der Waals surface area contributed by atoms with E-state index in [1.165, 1.54) is 18.2 Å². The number of benzene rings is 2. The quantitative estimate of drug-likeness (QED) is 0.888. The number of rotatable bonds is 2. The van der Waals surface area contributed by atoms with Crippen LogP contribution in [0.15, 0.2) is 18.2 Å². The van der Waals surface area contributed by atoms with Gasteiger partial charge in [0.25, 0.3) is 0 Å². The number of fused-ring (bicyclic) bond motifs is 2. The summed E-state index contributed by atoms with van der Waals surface area (Å²) in [5.74, 6) is 1.21. The second-order valence-electron chi connectivity index (χ2n) is 6.51. The molecule has 1 atom stereocenters. The Bertz CT molecular complexity index is 831.